The van der Waals surface area contributed by atoms with Crippen molar-refractivity contribution in [1.29, 1.82) is 0 Å². The molecule has 0 amide bonds. The molecule has 0 radical (unpaired) electrons. The SMILES string of the molecule is CN(C)c1cc(F)ccc1CNN. The topological polar surface area (TPSA) is 41.3 Å². The lowest BCUT2D eigenvalue weighted by atomic mass is 10.1. The lowest BCUT2D eigenvalue weighted by Crippen LogP contribution is -2.23. The van der Waals surface area contributed by atoms with E-state index >= 15 is 0 Å². The number of halogens is 1. The Hall–Kier alpha value is -1.13. The summed E-state index contributed by atoms with van der Waals surface area (Å²) < 4.78 is 12.9. The van der Waals surface area contributed by atoms with Crippen molar-refractivity contribution in [2.75, 3.05) is 19.0 Å². The number of hydrogen-bond donors (Lipinski definition) is 2. The summed E-state index contributed by atoms with van der Waals surface area (Å²) in [5.74, 6) is 4.97. The van der Waals surface area contributed by atoms with Crippen LogP contribution < -0.4 is 16.2 Å². The molecule has 0 bridgehead atoms. The Balaban J connectivity index is 3.03. The zero-order valence-electron chi connectivity index (χ0n) is 7.84. The molecule has 0 aliphatic heterocycles. The smallest absolute Gasteiger partial charge is 0.125 e. The molecular formula is C9H14FN3. The molecule has 1 aromatic rings. The first-order valence-electron chi connectivity index (χ1n) is 4.04. The quantitative estimate of drug-likeness (QED) is 0.539. The first-order valence-corrected chi connectivity index (χ1v) is 4.04. The lowest BCUT2D eigenvalue weighted by Gasteiger charge is -2.17. The van der Waals surface area contributed by atoms with Crippen LogP contribution in [0.25, 0.3) is 0 Å². The second kappa shape index (κ2) is 4.20. The molecule has 0 atom stereocenters. The third-order valence-corrected chi connectivity index (χ3v) is 1.82. The maximum atomic E-state index is 12.9. The van der Waals surface area contributed by atoms with Gasteiger partial charge in [-0.25, -0.2) is 4.39 Å². The lowest BCUT2D eigenvalue weighted by molar-refractivity contribution is 0.625. The van der Waals surface area contributed by atoms with Gasteiger partial charge in [0.1, 0.15) is 5.82 Å². The number of nitrogens with one attached hydrogen (secondary N) is 1. The van der Waals surface area contributed by atoms with Crippen LogP contribution in [0, 0.1) is 5.82 Å². The monoisotopic (exact) mass is 183 g/mol. The Bertz CT molecular complexity index is 286. The largest absolute Gasteiger partial charge is 0.377 e. The summed E-state index contributed by atoms with van der Waals surface area (Å²) in [7, 11) is 3.74. The number of hydrogen-bond acceptors (Lipinski definition) is 3. The fraction of sp³-hybridized carbons (Fsp3) is 0.333. The molecule has 0 aliphatic carbocycles. The molecule has 0 unspecified atom stereocenters. The van der Waals surface area contributed by atoms with Crippen LogP contribution in [0.15, 0.2) is 18.2 Å². The van der Waals surface area contributed by atoms with Gasteiger partial charge in [-0.15, -0.1) is 0 Å². The minimum absolute atomic E-state index is 0.232. The van der Waals surface area contributed by atoms with Crippen molar-refractivity contribution >= 4 is 5.69 Å². The molecule has 3 nitrogen and oxygen atoms in total. The molecule has 0 fully saturated rings. The minimum atomic E-state index is -0.232. The molecule has 3 N–H and O–H groups in total. The predicted molar refractivity (Wildman–Crippen MR) is 51.8 cm³/mol. The van der Waals surface area contributed by atoms with Crippen LogP contribution in [0.4, 0.5) is 10.1 Å². The summed E-state index contributed by atoms with van der Waals surface area (Å²) in [6, 6.07) is 4.65. The van der Waals surface area contributed by atoms with Gasteiger partial charge in [-0.2, -0.15) is 0 Å². The number of anilines is 1. The van der Waals surface area contributed by atoms with Crippen molar-refractivity contribution in [1.82, 2.24) is 5.43 Å². The molecule has 0 aromatic heterocycles. The summed E-state index contributed by atoms with van der Waals surface area (Å²) in [6.07, 6.45) is 0. The molecule has 0 saturated carbocycles. The van der Waals surface area contributed by atoms with E-state index in [1.54, 1.807) is 6.07 Å². The van der Waals surface area contributed by atoms with Crippen molar-refractivity contribution in [2.45, 2.75) is 6.54 Å². The Labute approximate surface area is 77.3 Å². The Morgan fingerprint density at radius 2 is 2.15 bits per heavy atom. The summed E-state index contributed by atoms with van der Waals surface area (Å²) in [4.78, 5) is 1.86. The highest BCUT2D eigenvalue weighted by atomic mass is 19.1. The predicted octanol–water partition coefficient (Wildman–Crippen LogP) is 0.855. The highest BCUT2D eigenvalue weighted by molar-refractivity contribution is 5.52. The van der Waals surface area contributed by atoms with Gasteiger partial charge in [0.15, 0.2) is 0 Å². The fourth-order valence-electron chi connectivity index (χ4n) is 1.21. The number of nitrogens with zero attached hydrogens (tertiary/aromatic N) is 1. The molecule has 1 aromatic carbocycles. The number of hydrazine groups is 1. The van der Waals surface area contributed by atoms with Crippen LogP contribution in [-0.4, -0.2) is 14.1 Å². The van der Waals surface area contributed by atoms with Crippen molar-refractivity contribution in [3.63, 3.8) is 0 Å². The third kappa shape index (κ3) is 2.40. The molecule has 4 heteroatoms. The fourth-order valence-corrected chi connectivity index (χ4v) is 1.21. The number of benzene rings is 1. The van der Waals surface area contributed by atoms with E-state index in [0.717, 1.165) is 11.3 Å². The molecular weight excluding hydrogens is 169 g/mol. The van der Waals surface area contributed by atoms with Gasteiger partial charge in [-0.1, -0.05) is 6.07 Å². The highest BCUT2D eigenvalue weighted by Crippen LogP contribution is 2.19. The standard InChI is InChI=1S/C9H14FN3/c1-13(2)9-5-8(10)4-3-7(9)6-12-11/h3-5,12H,6,11H2,1-2H3. The van der Waals surface area contributed by atoms with Crippen LogP contribution in [-0.2, 0) is 6.54 Å². The van der Waals surface area contributed by atoms with Gasteiger partial charge >= 0.3 is 0 Å². The Kier molecular flexibility index (Phi) is 3.22. The van der Waals surface area contributed by atoms with Crippen LogP contribution in [0.2, 0.25) is 0 Å². The second-order valence-corrected chi connectivity index (χ2v) is 3.05. The Morgan fingerprint density at radius 1 is 1.46 bits per heavy atom. The Morgan fingerprint density at radius 3 is 2.69 bits per heavy atom. The average molecular weight is 183 g/mol. The van der Waals surface area contributed by atoms with E-state index in [1.165, 1.54) is 12.1 Å². The third-order valence-electron chi connectivity index (χ3n) is 1.82. The van der Waals surface area contributed by atoms with Gasteiger partial charge in [-0.05, 0) is 17.7 Å². The first-order chi connectivity index (χ1) is 6.15. The maximum Gasteiger partial charge on any atom is 0.125 e. The normalized spacial score (nSPS) is 10.2. The van der Waals surface area contributed by atoms with Crippen LogP contribution >= 0.6 is 0 Å². The maximum absolute atomic E-state index is 12.9. The second-order valence-electron chi connectivity index (χ2n) is 3.05. The molecule has 0 aliphatic rings. The average Bonchev–Trinajstić information content (AvgIpc) is 2.08. The molecule has 13 heavy (non-hydrogen) atoms. The van der Waals surface area contributed by atoms with Crippen molar-refractivity contribution in [3.8, 4) is 0 Å². The van der Waals surface area contributed by atoms with Crippen molar-refractivity contribution in [2.24, 2.45) is 5.84 Å². The van der Waals surface area contributed by atoms with E-state index in [1.807, 2.05) is 19.0 Å². The summed E-state index contributed by atoms with van der Waals surface area (Å²) >= 11 is 0. The summed E-state index contributed by atoms with van der Waals surface area (Å²) in [5, 5.41) is 0. The van der Waals surface area contributed by atoms with Gasteiger partial charge in [0, 0.05) is 26.3 Å². The summed E-state index contributed by atoms with van der Waals surface area (Å²) in [5.41, 5.74) is 4.38. The summed E-state index contributed by atoms with van der Waals surface area (Å²) in [6.45, 7) is 0.536. The van der Waals surface area contributed by atoms with Crippen molar-refractivity contribution in [3.05, 3.63) is 29.6 Å². The van der Waals surface area contributed by atoms with Crippen LogP contribution in [0.1, 0.15) is 5.56 Å². The van der Waals surface area contributed by atoms with Crippen LogP contribution in [0.5, 0.6) is 0 Å². The molecule has 0 heterocycles. The zero-order valence-corrected chi connectivity index (χ0v) is 7.84. The first kappa shape index (κ1) is 9.95. The van der Waals surface area contributed by atoms with Gasteiger partial charge in [0.2, 0.25) is 0 Å². The van der Waals surface area contributed by atoms with E-state index in [2.05, 4.69) is 5.43 Å². The highest BCUT2D eigenvalue weighted by Gasteiger charge is 2.04. The van der Waals surface area contributed by atoms with E-state index in [-0.39, 0.29) is 5.82 Å². The van der Waals surface area contributed by atoms with E-state index in [0.29, 0.717) is 6.54 Å². The van der Waals surface area contributed by atoms with Gasteiger partial charge in [0.25, 0.3) is 0 Å². The van der Waals surface area contributed by atoms with E-state index in [4.69, 9.17) is 5.84 Å². The van der Waals surface area contributed by atoms with Gasteiger partial charge < -0.3 is 4.90 Å². The van der Waals surface area contributed by atoms with Gasteiger partial charge in [-0.3, -0.25) is 11.3 Å². The van der Waals surface area contributed by atoms with Gasteiger partial charge in [0.05, 0.1) is 0 Å². The van der Waals surface area contributed by atoms with E-state index < -0.39 is 0 Å². The molecule has 0 spiro atoms. The molecule has 72 valence electrons. The van der Waals surface area contributed by atoms with Crippen LogP contribution in [0.3, 0.4) is 0 Å². The van der Waals surface area contributed by atoms with E-state index in [9.17, 15) is 4.39 Å². The zero-order chi connectivity index (χ0) is 9.84. The van der Waals surface area contributed by atoms with Crippen molar-refractivity contribution < 1.29 is 4.39 Å². The number of rotatable bonds is 3. The molecule has 0 saturated heterocycles. The molecule has 1 rings (SSSR count). The number of nitrogens with two attached hydrogens (primary N) is 1. The minimum Gasteiger partial charge on any atom is -0.377 e.